The Kier molecular flexibility index (Phi) is 5.68. The lowest BCUT2D eigenvalue weighted by Gasteiger charge is -2.16. The standard InChI is InChI=1S/C15H12Br3FO2/c1-20-13-6-11(12(17)7-14(13)21-2)15(18)8-3-9(16)5-10(19)4-8/h3-7,15H,1-2H3. The van der Waals surface area contributed by atoms with Gasteiger partial charge >= 0.3 is 0 Å². The van der Waals surface area contributed by atoms with Gasteiger partial charge < -0.3 is 9.47 Å². The number of ether oxygens (including phenoxy) is 2. The van der Waals surface area contributed by atoms with Gasteiger partial charge in [0.25, 0.3) is 0 Å². The summed E-state index contributed by atoms with van der Waals surface area (Å²) < 4.78 is 25.7. The molecule has 0 heterocycles. The number of benzene rings is 2. The smallest absolute Gasteiger partial charge is 0.161 e. The molecule has 2 rings (SSSR count). The van der Waals surface area contributed by atoms with E-state index < -0.39 is 0 Å². The molecule has 0 aliphatic heterocycles. The molecule has 21 heavy (non-hydrogen) atoms. The molecule has 0 spiro atoms. The van der Waals surface area contributed by atoms with E-state index in [-0.39, 0.29) is 10.6 Å². The zero-order valence-electron chi connectivity index (χ0n) is 11.3. The molecule has 0 N–H and O–H groups in total. The summed E-state index contributed by atoms with van der Waals surface area (Å²) in [7, 11) is 3.16. The van der Waals surface area contributed by atoms with Crippen molar-refractivity contribution in [3.63, 3.8) is 0 Å². The fourth-order valence-electron chi connectivity index (χ4n) is 1.97. The number of halogens is 4. The number of hydrogen-bond donors (Lipinski definition) is 0. The third-order valence-corrected chi connectivity index (χ3v) is 5.12. The van der Waals surface area contributed by atoms with Crippen LogP contribution >= 0.6 is 47.8 Å². The average Bonchev–Trinajstić information content (AvgIpc) is 2.45. The molecule has 0 bridgehead atoms. The van der Waals surface area contributed by atoms with Crippen LogP contribution in [0.2, 0.25) is 0 Å². The maximum atomic E-state index is 13.6. The van der Waals surface area contributed by atoms with Crippen LogP contribution in [0, 0.1) is 5.82 Å². The van der Waals surface area contributed by atoms with Crippen LogP contribution in [0.3, 0.4) is 0 Å². The quantitative estimate of drug-likeness (QED) is 0.509. The lowest BCUT2D eigenvalue weighted by molar-refractivity contribution is 0.354. The van der Waals surface area contributed by atoms with E-state index in [9.17, 15) is 4.39 Å². The SMILES string of the molecule is COc1cc(Br)c(C(Br)c2cc(F)cc(Br)c2)cc1OC. The normalized spacial score (nSPS) is 12.1. The molecule has 6 heteroatoms. The van der Waals surface area contributed by atoms with Gasteiger partial charge in [0.05, 0.1) is 19.0 Å². The van der Waals surface area contributed by atoms with E-state index in [0.29, 0.717) is 16.0 Å². The second kappa shape index (κ2) is 7.11. The summed E-state index contributed by atoms with van der Waals surface area (Å²) in [5, 5.41) is 0. The van der Waals surface area contributed by atoms with Gasteiger partial charge in [0, 0.05) is 8.95 Å². The Morgan fingerprint density at radius 2 is 1.57 bits per heavy atom. The highest BCUT2D eigenvalue weighted by atomic mass is 79.9. The van der Waals surface area contributed by atoms with Crippen molar-refractivity contribution in [1.29, 1.82) is 0 Å². The molecule has 0 aliphatic rings. The molecule has 112 valence electrons. The molecule has 0 aliphatic carbocycles. The molecule has 1 unspecified atom stereocenters. The first-order chi connectivity index (χ1) is 9.96. The van der Waals surface area contributed by atoms with Gasteiger partial charge in [0.15, 0.2) is 11.5 Å². The maximum absolute atomic E-state index is 13.6. The summed E-state index contributed by atoms with van der Waals surface area (Å²) in [5.74, 6) is 0.962. The number of rotatable bonds is 4. The van der Waals surface area contributed by atoms with Crippen molar-refractivity contribution in [2.24, 2.45) is 0 Å². The first-order valence-corrected chi connectivity index (χ1v) is 8.48. The van der Waals surface area contributed by atoms with Gasteiger partial charge in [-0.15, -0.1) is 0 Å². The van der Waals surface area contributed by atoms with Gasteiger partial charge in [-0.25, -0.2) is 4.39 Å². The average molecular weight is 483 g/mol. The fraction of sp³-hybridized carbons (Fsp3) is 0.200. The first kappa shape index (κ1) is 16.8. The summed E-state index contributed by atoms with van der Waals surface area (Å²) in [6.45, 7) is 0. The van der Waals surface area contributed by atoms with E-state index in [0.717, 1.165) is 15.6 Å². The Morgan fingerprint density at radius 3 is 2.14 bits per heavy atom. The third kappa shape index (κ3) is 3.79. The van der Waals surface area contributed by atoms with E-state index in [1.54, 1.807) is 14.2 Å². The van der Waals surface area contributed by atoms with Crippen molar-refractivity contribution in [3.05, 3.63) is 56.2 Å². The largest absolute Gasteiger partial charge is 0.493 e. The lowest BCUT2D eigenvalue weighted by Crippen LogP contribution is -1.98. The van der Waals surface area contributed by atoms with Crippen LogP contribution in [0.1, 0.15) is 16.0 Å². The van der Waals surface area contributed by atoms with Crippen LogP contribution in [0.4, 0.5) is 4.39 Å². The Labute approximate surface area is 148 Å². The Bertz CT molecular complexity index is 641. The minimum Gasteiger partial charge on any atom is -0.493 e. The molecule has 2 aromatic rings. The molecule has 0 saturated heterocycles. The molecule has 2 aromatic carbocycles. The van der Waals surface area contributed by atoms with Crippen LogP contribution in [0.25, 0.3) is 0 Å². The van der Waals surface area contributed by atoms with Crippen molar-refractivity contribution in [2.45, 2.75) is 4.83 Å². The molecule has 0 saturated carbocycles. The van der Waals surface area contributed by atoms with Gasteiger partial charge in [-0.05, 0) is 41.5 Å². The summed E-state index contributed by atoms with van der Waals surface area (Å²) in [6, 6.07) is 8.48. The van der Waals surface area contributed by atoms with E-state index in [2.05, 4.69) is 47.8 Å². The Morgan fingerprint density at radius 1 is 0.952 bits per heavy atom. The van der Waals surface area contributed by atoms with E-state index in [1.165, 1.54) is 12.1 Å². The Hall–Kier alpha value is -0.590. The van der Waals surface area contributed by atoms with E-state index in [1.807, 2.05) is 18.2 Å². The highest BCUT2D eigenvalue weighted by molar-refractivity contribution is 9.11. The fourth-order valence-corrected chi connectivity index (χ4v) is 3.95. The molecular weight excluding hydrogens is 471 g/mol. The van der Waals surface area contributed by atoms with Crippen LogP contribution in [-0.2, 0) is 0 Å². The molecule has 0 amide bonds. The van der Waals surface area contributed by atoms with E-state index >= 15 is 0 Å². The van der Waals surface area contributed by atoms with Crippen molar-refractivity contribution in [3.8, 4) is 11.5 Å². The summed E-state index contributed by atoms with van der Waals surface area (Å²) in [6.07, 6.45) is 0. The molecule has 0 aromatic heterocycles. The predicted octanol–water partition coefficient (Wildman–Crippen LogP) is 5.85. The minimum absolute atomic E-state index is 0.182. The summed E-state index contributed by atoms with van der Waals surface area (Å²) in [4.78, 5) is -0.182. The van der Waals surface area contributed by atoms with Crippen molar-refractivity contribution in [1.82, 2.24) is 0 Å². The van der Waals surface area contributed by atoms with Crippen LogP contribution in [0.5, 0.6) is 11.5 Å². The monoisotopic (exact) mass is 480 g/mol. The molecule has 1 atom stereocenters. The van der Waals surface area contributed by atoms with Gasteiger partial charge in [0.1, 0.15) is 5.82 Å². The van der Waals surface area contributed by atoms with Gasteiger partial charge in [-0.2, -0.15) is 0 Å². The van der Waals surface area contributed by atoms with Crippen molar-refractivity contribution < 1.29 is 13.9 Å². The zero-order valence-corrected chi connectivity index (χ0v) is 16.1. The minimum atomic E-state index is -0.291. The highest BCUT2D eigenvalue weighted by Gasteiger charge is 2.18. The Balaban J connectivity index is 2.49. The zero-order chi connectivity index (χ0) is 15.6. The second-order valence-electron chi connectivity index (χ2n) is 4.29. The van der Waals surface area contributed by atoms with Crippen LogP contribution < -0.4 is 9.47 Å². The molecular formula is C15H12Br3FO2. The number of alkyl halides is 1. The third-order valence-electron chi connectivity index (χ3n) is 2.95. The van der Waals surface area contributed by atoms with Gasteiger partial charge in [-0.1, -0.05) is 47.8 Å². The van der Waals surface area contributed by atoms with Crippen LogP contribution in [-0.4, -0.2) is 14.2 Å². The van der Waals surface area contributed by atoms with Crippen molar-refractivity contribution >= 4 is 47.8 Å². The van der Waals surface area contributed by atoms with Crippen LogP contribution in [0.15, 0.2) is 39.3 Å². The number of methoxy groups -OCH3 is 2. The maximum Gasteiger partial charge on any atom is 0.161 e. The van der Waals surface area contributed by atoms with Crippen molar-refractivity contribution in [2.75, 3.05) is 14.2 Å². The second-order valence-corrected chi connectivity index (χ2v) is 6.98. The highest BCUT2D eigenvalue weighted by Crippen LogP contribution is 2.42. The van der Waals surface area contributed by atoms with Gasteiger partial charge in [-0.3, -0.25) is 0 Å². The predicted molar refractivity (Wildman–Crippen MR) is 92.1 cm³/mol. The van der Waals surface area contributed by atoms with Gasteiger partial charge in [0.2, 0.25) is 0 Å². The summed E-state index contributed by atoms with van der Waals surface area (Å²) in [5.41, 5.74) is 1.72. The van der Waals surface area contributed by atoms with E-state index in [4.69, 9.17) is 9.47 Å². The number of hydrogen-bond acceptors (Lipinski definition) is 2. The molecule has 0 fully saturated rings. The molecule has 0 radical (unpaired) electrons. The lowest BCUT2D eigenvalue weighted by atomic mass is 10.0. The topological polar surface area (TPSA) is 18.5 Å². The first-order valence-electron chi connectivity index (χ1n) is 5.97. The molecule has 2 nitrogen and oxygen atoms in total. The summed E-state index contributed by atoms with van der Waals surface area (Å²) >= 11 is 10.4.